The Kier molecular flexibility index (Phi) is 9.31. The van der Waals surface area contributed by atoms with Gasteiger partial charge in [-0.15, -0.1) is 0 Å². The Morgan fingerprint density at radius 3 is 1.10 bits per heavy atom. The highest BCUT2D eigenvalue weighted by Gasteiger charge is 2.41. The maximum Gasteiger partial charge on any atom is 0.179 e. The largest absolute Gasteiger partial charge is 0.310 e. The SMILES string of the molecule is c1ccc(N(c2ccc(-c3ccc(-c4ccc([Si](c5ccccc5)(c5ccccc5)c5ccccc5)cc4)cc3)cc2)c2cc3ccccc3c3ccccc23)cc1. The first-order chi connectivity index (χ1) is 28.8. The average molecular weight is 756 g/mol. The minimum atomic E-state index is -2.56. The molecule has 0 amide bonds. The van der Waals surface area contributed by atoms with E-state index in [1.54, 1.807) is 0 Å². The van der Waals surface area contributed by atoms with Gasteiger partial charge < -0.3 is 4.90 Å². The summed E-state index contributed by atoms with van der Waals surface area (Å²) in [5.74, 6) is 0. The van der Waals surface area contributed by atoms with Crippen LogP contribution in [-0.2, 0) is 0 Å². The van der Waals surface area contributed by atoms with Crippen molar-refractivity contribution in [1.29, 1.82) is 0 Å². The van der Waals surface area contributed by atoms with Crippen molar-refractivity contribution in [2.24, 2.45) is 0 Å². The van der Waals surface area contributed by atoms with Crippen LogP contribution in [0.2, 0.25) is 0 Å². The number of rotatable bonds is 9. The first kappa shape index (κ1) is 35.2. The van der Waals surface area contributed by atoms with Crippen LogP contribution in [-0.4, -0.2) is 8.07 Å². The molecule has 1 nitrogen and oxygen atoms in total. The fourth-order valence-corrected chi connectivity index (χ4v) is 13.6. The molecule has 0 heterocycles. The van der Waals surface area contributed by atoms with Crippen molar-refractivity contribution in [3.05, 3.63) is 249 Å². The van der Waals surface area contributed by atoms with Gasteiger partial charge in [0.05, 0.1) is 5.69 Å². The first-order valence-electron chi connectivity index (χ1n) is 20.0. The molecule has 0 unspecified atom stereocenters. The maximum atomic E-state index is 2.39. The van der Waals surface area contributed by atoms with Crippen LogP contribution in [0, 0.1) is 0 Å². The number of para-hydroxylation sites is 1. The van der Waals surface area contributed by atoms with E-state index in [0.29, 0.717) is 0 Å². The number of hydrogen-bond acceptors (Lipinski definition) is 1. The van der Waals surface area contributed by atoms with E-state index in [0.717, 1.165) is 11.4 Å². The lowest BCUT2D eigenvalue weighted by molar-refractivity contribution is 1.30. The molecule has 10 aromatic rings. The van der Waals surface area contributed by atoms with Gasteiger partial charge in [-0.05, 0) is 89.5 Å². The molecule has 0 bridgehead atoms. The van der Waals surface area contributed by atoms with Crippen LogP contribution in [0.25, 0.3) is 43.8 Å². The highest BCUT2D eigenvalue weighted by atomic mass is 28.3. The third-order valence-corrected chi connectivity index (χ3v) is 16.4. The van der Waals surface area contributed by atoms with Gasteiger partial charge in [-0.3, -0.25) is 0 Å². The Morgan fingerprint density at radius 1 is 0.259 bits per heavy atom. The monoisotopic (exact) mass is 755 g/mol. The van der Waals surface area contributed by atoms with Gasteiger partial charge in [-0.25, -0.2) is 0 Å². The molecule has 10 rings (SSSR count). The van der Waals surface area contributed by atoms with Crippen LogP contribution in [0.1, 0.15) is 0 Å². The molecule has 0 aliphatic heterocycles. The van der Waals surface area contributed by atoms with Gasteiger partial charge in [0.25, 0.3) is 0 Å². The van der Waals surface area contributed by atoms with Crippen molar-refractivity contribution < 1.29 is 0 Å². The van der Waals surface area contributed by atoms with Crippen molar-refractivity contribution in [2.45, 2.75) is 0 Å². The molecule has 0 aliphatic carbocycles. The molecule has 274 valence electrons. The van der Waals surface area contributed by atoms with E-state index >= 15 is 0 Å². The van der Waals surface area contributed by atoms with Crippen LogP contribution < -0.4 is 25.6 Å². The van der Waals surface area contributed by atoms with Crippen LogP contribution in [0.3, 0.4) is 0 Å². The third-order valence-electron chi connectivity index (χ3n) is 11.6. The molecule has 0 N–H and O–H groups in total. The lowest BCUT2D eigenvalue weighted by Crippen LogP contribution is -2.74. The normalized spacial score (nSPS) is 11.4. The van der Waals surface area contributed by atoms with Gasteiger partial charge in [0.1, 0.15) is 0 Å². The van der Waals surface area contributed by atoms with E-state index in [1.165, 1.54) is 70.2 Å². The maximum absolute atomic E-state index is 2.56. The lowest BCUT2D eigenvalue weighted by Gasteiger charge is -2.34. The summed E-state index contributed by atoms with van der Waals surface area (Å²) in [7, 11) is -2.56. The van der Waals surface area contributed by atoms with Gasteiger partial charge >= 0.3 is 0 Å². The van der Waals surface area contributed by atoms with Crippen molar-refractivity contribution in [3.63, 3.8) is 0 Å². The second-order valence-corrected chi connectivity index (χ2v) is 18.7. The summed E-state index contributed by atoms with van der Waals surface area (Å²) in [6.07, 6.45) is 0. The fraction of sp³-hybridized carbons (Fsp3) is 0. The van der Waals surface area contributed by atoms with Gasteiger partial charge in [-0.1, -0.05) is 218 Å². The zero-order chi connectivity index (χ0) is 38.7. The molecule has 10 aromatic carbocycles. The molecule has 2 heteroatoms. The van der Waals surface area contributed by atoms with E-state index < -0.39 is 8.07 Å². The Morgan fingerprint density at radius 2 is 0.603 bits per heavy atom. The quantitative estimate of drug-likeness (QED) is 0.0806. The fourth-order valence-electron chi connectivity index (χ4n) is 8.86. The third kappa shape index (κ3) is 6.30. The summed E-state index contributed by atoms with van der Waals surface area (Å²) in [6.45, 7) is 0. The molecular formula is C56H41NSi. The molecule has 0 saturated heterocycles. The second-order valence-electron chi connectivity index (χ2n) is 14.9. The van der Waals surface area contributed by atoms with Crippen LogP contribution >= 0.6 is 0 Å². The smallest absolute Gasteiger partial charge is 0.179 e. The molecule has 0 radical (unpaired) electrons. The summed E-state index contributed by atoms with van der Waals surface area (Å²) in [4.78, 5) is 2.39. The Bertz CT molecular complexity index is 2850. The van der Waals surface area contributed by atoms with Crippen LogP contribution in [0.15, 0.2) is 249 Å². The van der Waals surface area contributed by atoms with E-state index in [1.807, 2.05) is 0 Å². The predicted octanol–water partition coefficient (Wildman–Crippen LogP) is 12.2. The Hall–Kier alpha value is -7.26. The number of nitrogens with zero attached hydrogens (tertiary/aromatic N) is 1. The van der Waals surface area contributed by atoms with E-state index in [9.17, 15) is 0 Å². The summed E-state index contributed by atoms with van der Waals surface area (Å²) in [6, 6.07) is 91.2. The standard InChI is InChI=1S/C56H41NSi/c1-5-18-47(19-6-1)57(56-41-46-17-13-14-26-53(46)54-27-15-16-28-55(54)56)48-37-33-44(34-38-48)42-29-31-43(32-30-42)45-35-39-52(40-36-45)58(49-20-7-2-8-21-49,50-22-9-3-10-23-50)51-24-11-4-12-25-51/h1-41H. The number of hydrogen-bond donors (Lipinski definition) is 0. The van der Waals surface area contributed by atoms with E-state index in [2.05, 4.69) is 254 Å². The topological polar surface area (TPSA) is 3.24 Å². The molecule has 58 heavy (non-hydrogen) atoms. The molecular weight excluding hydrogens is 715 g/mol. The molecule has 0 saturated carbocycles. The average Bonchev–Trinajstić information content (AvgIpc) is 3.31. The summed E-state index contributed by atoms with van der Waals surface area (Å²) >= 11 is 0. The minimum Gasteiger partial charge on any atom is -0.310 e. The van der Waals surface area contributed by atoms with Crippen molar-refractivity contribution in [1.82, 2.24) is 0 Å². The molecule has 0 spiro atoms. The Labute approximate surface area is 341 Å². The highest BCUT2D eigenvalue weighted by molar-refractivity contribution is 7.19. The first-order valence-corrected chi connectivity index (χ1v) is 22.0. The van der Waals surface area contributed by atoms with Crippen molar-refractivity contribution >= 4 is 67.4 Å². The number of anilines is 3. The van der Waals surface area contributed by atoms with Crippen LogP contribution in [0.4, 0.5) is 17.1 Å². The molecule has 0 fully saturated rings. The lowest BCUT2D eigenvalue weighted by atomic mass is 9.98. The number of fused-ring (bicyclic) bond motifs is 3. The van der Waals surface area contributed by atoms with Crippen molar-refractivity contribution in [3.8, 4) is 22.3 Å². The zero-order valence-corrected chi connectivity index (χ0v) is 33.1. The van der Waals surface area contributed by atoms with E-state index in [-0.39, 0.29) is 0 Å². The van der Waals surface area contributed by atoms with Gasteiger partial charge in [-0.2, -0.15) is 0 Å². The predicted molar refractivity (Wildman–Crippen MR) is 251 cm³/mol. The van der Waals surface area contributed by atoms with Gasteiger partial charge in [0.15, 0.2) is 8.07 Å². The van der Waals surface area contributed by atoms with E-state index in [4.69, 9.17) is 0 Å². The van der Waals surface area contributed by atoms with Gasteiger partial charge in [0, 0.05) is 16.8 Å². The molecule has 0 atom stereocenters. The second kappa shape index (κ2) is 15.3. The summed E-state index contributed by atoms with van der Waals surface area (Å²) in [5.41, 5.74) is 8.21. The number of benzene rings is 10. The minimum absolute atomic E-state index is 1.12. The zero-order valence-electron chi connectivity index (χ0n) is 32.1. The van der Waals surface area contributed by atoms with Crippen LogP contribution in [0.5, 0.6) is 0 Å². The highest BCUT2D eigenvalue weighted by Crippen LogP contribution is 2.42. The Balaban J connectivity index is 0.982. The van der Waals surface area contributed by atoms with Gasteiger partial charge in [0.2, 0.25) is 0 Å². The molecule has 0 aliphatic rings. The molecule has 0 aromatic heterocycles. The van der Waals surface area contributed by atoms with Crippen molar-refractivity contribution in [2.75, 3.05) is 4.90 Å². The summed E-state index contributed by atoms with van der Waals surface area (Å²) < 4.78 is 0. The summed E-state index contributed by atoms with van der Waals surface area (Å²) in [5, 5.41) is 10.5.